The molecule has 1 aliphatic rings. The lowest BCUT2D eigenvalue weighted by Gasteiger charge is -2.22. The summed E-state index contributed by atoms with van der Waals surface area (Å²) in [6, 6.07) is 3.46. The van der Waals surface area contributed by atoms with Gasteiger partial charge in [-0.25, -0.2) is 4.68 Å². The van der Waals surface area contributed by atoms with E-state index in [1.807, 2.05) is 0 Å². The molecule has 134 valence electrons. The van der Waals surface area contributed by atoms with E-state index in [1.54, 1.807) is 23.0 Å². The molecule has 2 N–H and O–H groups in total. The summed E-state index contributed by atoms with van der Waals surface area (Å²) in [7, 11) is 3.01. The van der Waals surface area contributed by atoms with Crippen LogP contribution in [0.25, 0.3) is 0 Å². The minimum atomic E-state index is -0.372. The number of halogens is 1. The molecule has 8 nitrogen and oxygen atoms in total. The second kappa shape index (κ2) is 7.71. The van der Waals surface area contributed by atoms with E-state index in [2.05, 4.69) is 20.9 Å². The van der Waals surface area contributed by atoms with Crippen LogP contribution in [0.15, 0.2) is 18.3 Å². The Hall–Kier alpha value is -2.32. The number of ether oxygens (including phenoxy) is 2. The number of amides is 1. The maximum Gasteiger partial charge on any atom is 0.277 e. The zero-order valence-corrected chi connectivity index (χ0v) is 14.8. The number of nitrogens with zero attached hydrogens (tertiary/aromatic N) is 3. The highest BCUT2D eigenvalue weighted by Crippen LogP contribution is 2.36. The number of methoxy groups -OCH3 is 2. The Morgan fingerprint density at radius 1 is 1.28 bits per heavy atom. The monoisotopic (exact) mass is 365 g/mol. The Labute approximate surface area is 150 Å². The molecular weight excluding hydrogens is 346 g/mol. The maximum atomic E-state index is 12.5. The fourth-order valence-corrected chi connectivity index (χ4v) is 3.01. The molecule has 1 saturated heterocycles. The fraction of sp³-hybridized carbons (Fsp3) is 0.438. The lowest BCUT2D eigenvalue weighted by atomic mass is 10.1. The lowest BCUT2D eigenvalue weighted by Crippen LogP contribution is -2.29. The molecule has 1 aliphatic heterocycles. The van der Waals surface area contributed by atoms with Gasteiger partial charge >= 0.3 is 0 Å². The quantitative estimate of drug-likeness (QED) is 0.843. The largest absolute Gasteiger partial charge is 0.495 e. The first kappa shape index (κ1) is 17.5. The number of nitrogens with one attached hydrogen (secondary N) is 2. The summed E-state index contributed by atoms with van der Waals surface area (Å²) in [6.07, 6.45) is 3.60. The van der Waals surface area contributed by atoms with E-state index in [0.717, 1.165) is 25.9 Å². The summed E-state index contributed by atoms with van der Waals surface area (Å²) in [6.45, 7) is 1.88. The van der Waals surface area contributed by atoms with Crippen molar-refractivity contribution in [1.82, 2.24) is 20.3 Å². The Kier molecular flexibility index (Phi) is 5.40. The van der Waals surface area contributed by atoms with Gasteiger partial charge in [0, 0.05) is 12.1 Å². The molecule has 1 aromatic heterocycles. The fourth-order valence-electron chi connectivity index (χ4n) is 2.77. The predicted molar refractivity (Wildman–Crippen MR) is 93.7 cm³/mol. The molecule has 0 atom stereocenters. The van der Waals surface area contributed by atoms with Gasteiger partial charge in [-0.05, 0) is 25.9 Å². The van der Waals surface area contributed by atoms with Crippen LogP contribution in [-0.4, -0.2) is 48.2 Å². The Morgan fingerprint density at radius 2 is 2.00 bits per heavy atom. The van der Waals surface area contributed by atoms with Gasteiger partial charge in [0.1, 0.15) is 11.5 Å². The molecule has 0 saturated carbocycles. The van der Waals surface area contributed by atoms with Gasteiger partial charge in [0.25, 0.3) is 5.91 Å². The summed E-state index contributed by atoms with van der Waals surface area (Å²) >= 11 is 6.07. The van der Waals surface area contributed by atoms with Gasteiger partial charge in [0.15, 0.2) is 5.69 Å². The van der Waals surface area contributed by atoms with Crippen molar-refractivity contribution in [3.63, 3.8) is 0 Å². The molecule has 25 heavy (non-hydrogen) atoms. The molecule has 1 fully saturated rings. The second-order valence-corrected chi connectivity index (χ2v) is 6.11. The first-order valence-corrected chi connectivity index (χ1v) is 8.35. The molecule has 0 unspecified atom stereocenters. The minimum absolute atomic E-state index is 0.245. The topological polar surface area (TPSA) is 90.3 Å². The number of carbonyl (C=O) groups excluding carboxylic acids is 1. The molecule has 1 amide bonds. The molecule has 1 aromatic carbocycles. The van der Waals surface area contributed by atoms with E-state index in [4.69, 9.17) is 21.1 Å². The van der Waals surface area contributed by atoms with Crippen molar-refractivity contribution in [2.45, 2.75) is 18.9 Å². The van der Waals surface area contributed by atoms with Crippen molar-refractivity contribution in [3.05, 3.63) is 29.0 Å². The lowest BCUT2D eigenvalue weighted by molar-refractivity contribution is 0.102. The summed E-state index contributed by atoms with van der Waals surface area (Å²) < 4.78 is 12.2. The molecule has 0 bridgehead atoms. The van der Waals surface area contributed by atoms with Crippen LogP contribution in [0.1, 0.15) is 29.4 Å². The third-order valence-electron chi connectivity index (χ3n) is 4.15. The number of aromatic nitrogens is 3. The number of rotatable bonds is 5. The molecule has 0 aliphatic carbocycles. The number of hydrogen-bond acceptors (Lipinski definition) is 6. The SMILES string of the molecule is COc1cc(NC(=O)c2cn(C3CCNCC3)nn2)c(OC)cc1Cl. The molecule has 9 heteroatoms. The maximum absolute atomic E-state index is 12.5. The van der Waals surface area contributed by atoms with Gasteiger partial charge in [0.05, 0.1) is 37.2 Å². The molecule has 3 rings (SSSR count). The average molecular weight is 366 g/mol. The van der Waals surface area contributed by atoms with Crippen molar-refractivity contribution < 1.29 is 14.3 Å². The van der Waals surface area contributed by atoms with E-state index in [9.17, 15) is 4.79 Å². The van der Waals surface area contributed by atoms with Gasteiger partial charge in [-0.15, -0.1) is 5.10 Å². The zero-order chi connectivity index (χ0) is 17.8. The van der Waals surface area contributed by atoms with Crippen LogP contribution in [0, 0.1) is 0 Å². The van der Waals surface area contributed by atoms with Gasteiger partial charge in [-0.2, -0.15) is 0 Å². The standard InChI is InChI=1S/C16H20ClN5O3/c1-24-14-8-12(15(25-2)7-11(14)17)19-16(23)13-9-22(21-20-13)10-3-5-18-6-4-10/h7-10,18H,3-6H2,1-2H3,(H,19,23). The minimum Gasteiger partial charge on any atom is -0.495 e. The van der Waals surface area contributed by atoms with E-state index >= 15 is 0 Å². The Morgan fingerprint density at radius 3 is 2.68 bits per heavy atom. The van der Waals surface area contributed by atoms with Crippen LogP contribution in [0.5, 0.6) is 11.5 Å². The first-order chi connectivity index (χ1) is 12.1. The van der Waals surface area contributed by atoms with E-state index in [-0.39, 0.29) is 17.6 Å². The van der Waals surface area contributed by atoms with Gasteiger partial charge in [-0.1, -0.05) is 16.8 Å². The number of carbonyl (C=O) groups is 1. The van der Waals surface area contributed by atoms with Gasteiger partial charge in [-0.3, -0.25) is 4.79 Å². The summed E-state index contributed by atoms with van der Waals surface area (Å²) in [5, 5.41) is 14.5. The van der Waals surface area contributed by atoms with Crippen LogP contribution >= 0.6 is 11.6 Å². The van der Waals surface area contributed by atoms with E-state index < -0.39 is 0 Å². The normalized spacial score (nSPS) is 15.0. The summed E-state index contributed by atoms with van der Waals surface area (Å²) in [4.78, 5) is 12.5. The molecule has 0 spiro atoms. The van der Waals surface area contributed by atoms with Gasteiger partial charge in [0.2, 0.25) is 0 Å². The van der Waals surface area contributed by atoms with Crippen molar-refractivity contribution in [1.29, 1.82) is 0 Å². The number of hydrogen-bond donors (Lipinski definition) is 2. The van der Waals surface area contributed by atoms with E-state index in [0.29, 0.717) is 22.2 Å². The number of piperidine rings is 1. The van der Waals surface area contributed by atoms with Crippen LogP contribution in [0.3, 0.4) is 0 Å². The number of benzene rings is 1. The predicted octanol–water partition coefficient (Wildman–Crippen LogP) is 2.13. The second-order valence-electron chi connectivity index (χ2n) is 5.71. The highest BCUT2D eigenvalue weighted by molar-refractivity contribution is 6.32. The number of anilines is 1. The highest BCUT2D eigenvalue weighted by atomic mass is 35.5. The third kappa shape index (κ3) is 3.85. The van der Waals surface area contributed by atoms with Crippen molar-refractivity contribution in [3.8, 4) is 11.5 Å². The third-order valence-corrected chi connectivity index (χ3v) is 4.44. The van der Waals surface area contributed by atoms with Crippen LogP contribution in [-0.2, 0) is 0 Å². The van der Waals surface area contributed by atoms with Crippen LogP contribution in [0.2, 0.25) is 5.02 Å². The van der Waals surface area contributed by atoms with Crippen molar-refractivity contribution in [2.75, 3.05) is 32.6 Å². The van der Waals surface area contributed by atoms with Crippen molar-refractivity contribution in [2.24, 2.45) is 0 Å². The molecule has 0 radical (unpaired) electrons. The first-order valence-electron chi connectivity index (χ1n) is 7.97. The van der Waals surface area contributed by atoms with Crippen LogP contribution in [0.4, 0.5) is 5.69 Å². The van der Waals surface area contributed by atoms with E-state index in [1.165, 1.54) is 14.2 Å². The highest BCUT2D eigenvalue weighted by Gasteiger charge is 2.20. The summed E-state index contributed by atoms with van der Waals surface area (Å²) in [5.74, 6) is 0.504. The average Bonchev–Trinajstić information content (AvgIpc) is 3.13. The Balaban J connectivity index is 1.77. The summed E-state index contributed by atoms with van der Waals surface area (Å²) in [5.41, 5.74) is 0.694. The van der Waals surface area contributed by atoms with Crippen LogP contribution < -0.4 is 20.1 Å². The smallest absolute Gasteiger partial charge is 0.277 e. The molecular formula is C16H20ClN5O3. The van der Waals surface area contributed by atoms with Crippen molar-refractivity contribution >= 4 is 23.2 Å². The molecule has 2 aromatic rings. The Bertz CT molecular complexity index is 758. The zero-order valence-electron chi connectivity index (χ0n) is 14.1. The van der Waals surface area contributed by atoms with Gasteiger partial charge < -0.3 is 20.1 Å². The molecule has 2 heterocycles.